The van der Waals surface area contributed by atoms with Gasteiger partial charge in [-0.25, -0.2) is 0 Å². The number of nitrogens with zero attached hydrogens (tertiary/aromatic N) is 1. The Morgan fingerprint density at radius 1 is 0.595 bits per heavy atom. The number of benzene rings is 4. The van der Waals surface area contributed by atoms with Crippen LogP contribution in [0, 0.1) is 11.3 Å². The summed E-state index contributed by atoms with van der Waals surface area (Å²) in [6, 6.07) is 42.3. The molecule has 1 aliphatic heterocycles. The summed E-state index contributed by atoms with van der Waals surface area (Å²) in [4.78, 5) is 1.03. The fourth-order valence-electron chi connectivity index (χ4n) is 4.84. The number of thioether (sulfide) groups is 1. The summed E-state index contributed by atoms with van der Waals surface area (Å²) < 4.78 is 32.3. The van der Waals surface area contributed by atoms with Crippen LogP contribution in [0.5, 0.6) is 0 Å². The van der Waals surface area contributed by atoms with E-state index in [-0.39, 0.29) is 6.61 Å². The second kappa shape index (κ2) is 16.2. The van der Waals surface area contributed by atoms with E-state index in [1.165, 1.54) is 0 Å². The molecule has 5 atom stereocenters. The normalized spacial score (nSPS) is 21.9. The third-order valence-electron chi connectivity index (χ3n) is 6.89. The molecule has 0 aliphatic carbocycles. The molecule has 5 rings (SSSR count). The molecule has 0 radical (unpaired) electrons. The molecular formula is C35H35NO5S. The smallest absolute Gasteiger partial charge is 0.137 e. The van der Waals surface area contributed by atoms with Gasteiger partial charge in [-0.05, 0) is 28.8 Å². The van der Waals surface area contributed by atoms with Crippen molar-refractivity contribution in [2.45, 2.75) is 54.6 Å². The lowest BCUT2D eigenvalue weighted by Crippen LogP contribution is -2.60. The van der Waals surface area contributed by atoms with E-state index >= 15 is 0 Å². The molecule has 4 aromatic carbocycles. The zero-order valence-electron chi connectivity index (χ0n) is 23.4. The Labute approximate surface area is 252 Å². The summed E-state index contributed by atoms with van der Waals surface area (Å²) in [6.45, 7) is 1.40. The number of hydrogen-bond donors (Lipinski definition) is 0. The lowest BCUT2D eigenvalue weighted by atomic mass is 9.99. The van der Waals surface area contributed by atoms with Crippen LogP contribution < -0.4 is 0 Å². The largest absolute Gasteiger partial charge is 0.374 e. The predicted molar refractivity (Wildman–Crippen MR) is 162 cm³/mol. The first-order valence-corrected chi connectivity index (χ1v) is 15.0. The molecule has 0 saturated carbocycles. The highest BCUT2D eigenvalue weighted by Gasteiger charge is 2.48. The molecular weight excluding hydrogens is 546 g/mol. The fraction of sp³-hybridized carbons (Fsp3) is 0.286. The highest BCUT2D eigenvalue weighted by molar-refractivity contribution is 7.99. The van der Waals surface area contributed by atoms with Crippen molar-refractivity contribution in [2.24, 2.45) is 0 Å². The summed E-state index contributed by atoms with van der Waals surface area (Å²) in [5.74, 6) is 0. The zero-order chi connectivity index (χ0) is 28.8. The molecule has 0 aromatic heterocycles. The number of ether oxygens (including phenoxy) is 5. The maximum Gasteiger partial charge on any atom is 0.137 e. The highest BCUT2D eigenvalue weighted by Crippen LogP contribution is 2.38. The second-order valence-electron chi connectivity index (χ2n) is 9.93. The molecule has 0 unspecified atom stereocenters. The third-order valence-corrected chi connectivity index (χ3v) is 8.05. The van der Waals surface area contributed by atoms with Gasteiger partial charge in [0.05, 0.1) is 32.5 Å². The maximum atomic E-state index is 9.45. The standard InChI is InChI=1S/C35H35NO5S/c36-21-22-38-34-33(40-25-29-17-9-3-10-18-29)32(39-24-28-15-7-2-8-16-28)31(26-37-23-27-13-5-1-6-14-27)41-35(34)42-30-19-11-4-12-20-30/h1-20,31-35H,22-26H2/t31-,32-,33+,34-,35+/m1/s1. The summed E-state index contributed by atoms with van der Waals surface area (Å²) in [6.07, 6.45) is -2.05. The first kappa shape index (κ1) is 30.0. The monoisotopic (exact) mass is 581 g/mol. The van der Waals surface area contributed by atoms with Gasteiger partial charge in [0.2, 0.25) is 0 Å². The summed E-state index contributed by atoms with van der Waals surface area (Å²) >= 11 is 1.55. The van der Waals surface area contributed by atoms with Crippen LogP contribution >= 0.6 is 11.8 Å². The van der Waals surface area contributed by atoms with Gasteiger partial charge in [-0.15, -0.1) is 0 Å². The average Bonchev–Trinajstić information content (AvgIpc) is 3.04. The van der Waals surface area contributed by atoms with E-state index in [0.29, 0.717) is 26.4 Å². The maximum absolute atomic E-state index is 9.45. The molecule has 0 N–H and O–H groups in total. The molecule has 216 valence electrons. The molecule has 1 fully saturated rings. The predicted octanol–water partition coefficient (Wildman–Crippen LogP) is 6.80. The molecule has 1 heterocycles. The quantitative estimate of drug-likeness (QED) is 0.162. The van der Waals surface area contributed by atoms with Crippen LogP contribution in [0.1, 0.15) is 16.7 Å². The average molecular weight is 582 g/mol. The van der Waals surface area contributed by atoms with Gasteiger partial charge in [0.15, 0.2) is 0 Å². The summed E-state index contributed by atoms with van der Waals surface area (Å²) in [5, 5.41) is 9.45. The Bertz CT molecular complexity index is 1350. The molecule has 0 spiro atoms. The lowest BCUT2D eigenvalue weighted by molar-refractivity contribution is -0.250. The second-order valence-corrected chi connectivity index (χ2v) is 11.1. The van der Waals surface area contributed by atoms with Crippen molar-refractivity contribution < 1.29 is 23.7 Å². The van der Waals surface area contributed by atoms with E-state index in [1.54, 1.807) is 11.8 Å². The summed E-state index contributed by atoms with van der Waals surface area (Å²) in [7, 11) is 0. The van der Waals surface area contributed by atoms with Gasteiger partial charge in [-0.3, -0.25) is 0 Å². The Morgan fingerprint density at radius 3 is 1.64 bits per heavy atom. The van der Waals surface area contributed by atoms with Crippen LogP contribution in [-0.2, 0) is 43.5 Å². The Kier molecular flexibility index (Phi) is 11.6. The van der Waals surface area contributed by atoms with Crippen LogP contribution in [-0.4, -0.2) is 43.1 Å². The van der Waals surface area contributed by atoms with Gasteiger partial charge in [0.25, 0.3) is 0 Å². The van der Waals surface area contributed by atoms with Crippen molar-refractivity contribution in [3.05, 3.63) is 138 Å². The van der Waals surface area contributed by atoms with E-state index < -0.39 is 29.9 Å². The van der Waals surface area contributed by atoms with Gasteiger partial charge in [0.1, 0.15) is 36.5 Å². The van der Waals surface area contributed by atoms with Crippen molar-refractivity contribution in [1.82, 2.24) is 0 Å². The molecule has 42 heavy (non-hydrogen) atoms. The first-order chi connectivity index (χ1) is 20.8. The molecule has 7 heteroatoms. The van der Waals surface area contributed by atoms with Gasteiger partial charge in [-0.2, -0.15) is 5.26 Å². The third kappa shape index (κ3) is 8.76. The van der Waals surface area contributed by atoms with Crippen molar-refractivity contribution in [3.8, 4) is 6.07 Å². The van der Waals surface area contributed by atoms with Gasteiger partial charge >= 0.3 is 0 Å². The minimum atomic E-state index is -0.565. The minimum absolute atomic E-state index is 0.0916. The Balaban J connectivity index is 1.43. The number of rotatable bonds is 14. The van der Waals surface area contributed by atoms with E-state index in [1.807, 2.05) is 121 Å². The van der Waals surface area contributed by atoms with Crippen molar-refractivity contribution >= 4 is 11.8 Å². The van der Waals surface area contributed by atoms with Gasteiger partial charge in [-0.1, -0.05) is 121 Å². The van der Waals surface area contributed by atoms with Crippen molar-refractivity contribution in [1.29, 1.82) is 5.26 Å². The van der Waals surface area contributed by atoms with Crippen LogP contribution in [0.25, 0.3) is 0 Å². The molecule has 0 bridgehead atoms. The highest BCUT2D eigenvalue weighted by atomic mass is 32.2. The first-order valence-electron chi connectivity index (χ1n) is 14.1. The Morgan fingerprint density at radius 2 is 1.10 bits per heavy atom. The molecule has 6 nitrogen and oxygen atoms in total. The van der Waals surface area contributed by atoms with Crippen LogP contribution in [0.2, 0.25) is 0 Å². The SMILES string of the molecule is N#CCO[C@@H]1[C@@H](OCc2ccccc2)[C@H](OCc2ccccc2)[C@@H](COCc2ccccc2)O[C@H]1Sc1ccccc1. The van der Waals surface area contributed by atoms with E-state index in [4.69, 9.17) is 23.7 Å². The van der Waals surface area contributed by atoms with Gasteiger partial charge < -0.3 is 23.7 Å². The molecule has 1 saturated heterocycles. The molecule has 0 amide bonds. The van der Waals surface area contributed by atoms with Crippen LogP contribution in [0.4, 0.5) is 0 Å². The Hall–Kier alpha value is -3.48. The minimum Gasteiger partial charge on any atom is -0.374 e. The van der Waals surface area contributed by atoms with Crippen LogP contribution in [0.15, 0.2) is 126 Å². The molecule has 1 aliphatic rings. The zero-order valence-corrected chi connectivity index (χ0v) is 24.2. The molecule has 4 aromatic rings. The van der Waals surface area contributed by atoms with Crippen molar-refractivity contribution in [3.63, 3.8) is 0 Å². The van der Waals surface area contributed by atoms with Gasteiger partial charge in [0, 0.05) is 4.90 Å². The number of nitriles is 1. The topological polar surface area (TPSA) is 69.9 Å². The fourth-order valence-corrected chi connectivity index (χ4v) is 5.99. The van der Waals surface area contributed by atoms with Crippen LogP contribution in [0.3, 0.4) is 0 Å². The van der Waals surface area contributed by atoms with E-state index in [2.05, 4.69) is 6.07 Å². The van der Waals surface area contributed by atoms with E-state index in [9.17, 15) is 5.26 Å². The number of hydrogen-bond acceptors (Lipinski definition) is 7. The van der Waals surface area contributed by atoms with E-state index in [0.717, 1.165) is 21.6 Å². The van der Waals surface area contributed by atoms with Crippen molar-refractivity contribution in [2.75, 3.05) is 13.2 Å². The lowest BCUT2D eigenvalue weighted by Gasteiger charge is -2.45. The summed E-state index contributed by atoms with van der Waals surface area (Å²) in [5.41, 5.74) is 2.70.